The highest BCUT2D eigenvalue weighted by Gasteiger charge is 2.31. The van der Waals surface area contributed by atoms with E-state index in [2.05, 4.69) is 20.8 Å². The van der Waals surface area contributed by atoms with Gasteiger partial charge in [-0.15, -0.1) is 10.2 Å². The summed E-state index contributed by atoms with van der Waals surface area (Å²) in [5.74, 6) is 0.558. The monoisotopic (exact) mass is 452 g/mol. The van der Waals surface area contributed by atoms with Crippen molar-refractivity contribution in [3.63, 3.8) is 0 Å². The Morgan fingerprint density at radius 1 is 1.16 bits per heavy atom. The zero-order chi connectivity index (χ0) is 22.7. The van der Waals surface area contributed by atoms with Crippen LogP contribution in [0.4, 0.5) is 17.1 Å². The van der Waals surface area contributed by atoms with E-state index in [1.54, 1.807) is 18.2 Å². The number of anilines is 2. The molecule has 0 bridgehead atoms. The number of nitrogens with one attached hydrogen (secondary N) is 2. The van der Waals surface area contributed by atoms with Crippen LogP contribution >= 0.6 is 11.8 Å². The van der Waals surface area contributed by atoms with E-state index < -0.39 is 4.92 Å². The van der Waals surface area contributed by atoms with Crippen LogP contribution in [-0.4, -0.2) is 37.3 Å². The number of para-hydroxylation sites is 2. The summed E-state index contributed by atoms with van der Waals surface area (Å²) >= 11 is 1.19. The Bertz CT molecular complexity index is 1190. The van der Waals surface area contributed by atoms with Gasteiger partial charge in [-0.1, -0.05) is 30.0 Å². The summed E-state index contributed by atoms with van der Waals surface area (Å²) in [5, 5.41) is 25.6. The van der Waals surface area contributed by atoms with E-state index in [1.165, 1.54) is 30.8 Å². The maximum atomic E-state index is 12.5. The van der Waals surface area contributed by atoms with E-state index in [0.717, 1.165) is 24.4 Å². The van der Waals surface area contributed by atoms with Crippen molar-refractivity contribution in [2.45, 2.75) is 30.8 Å². The number of rotatable bonds is 8. The lowest BCUT2D eigenvalue weighted by molar-refractivity contribution is -0.383. The zero-order valence-corrected chi connectivity index (χ0v) is 18.0. The number of carbonyl (C=O) groups is 2. The molecule has 1 aromatic heterocycles. The van der Waals surface area contributed by atoms with Crippen molar-refractivity contribution < 1.29 is 14.5 Å². The molecule has 32 heavy (non-hydrogen) atoms. The fourth-order valence-electron chi connectivity index (χ4n) is 3.20. The van der Waals surface area contributed by atoms with Gasteiger partial charge in [0.25, 0.3) is 5.69 Å². The van der Waals surface area contributed by atoms with Crippen molar-refractivity contribution in [2.75, 3.05) is 16.4 Å². The highest BCUT2D eigenvalue weighted by Crippen LogP contribution is 2.41. The molecule has 1 fully saturated rings. The van der Waals surface area contributed by atoms with Crippen LogP contribution in [0, 0.1) is 10.1 Å². The number of hydrogen-bond donors (Lipinski definition) is 2. The molecule has 2 aromatic carbocycles. The largest absolute Gasteiger partial charge is 0.326 e. The second kappa shape index (κ2) is 9.18. The molecule has 0 spiro atoms. The van der Waals surface area contributed by atoms with Crippen molar-refractivity contribution in [3.05, 3.63) is 64.5 Å². The van der Waals surface area contributed by atoms with Crippen LogP contribution < -0.4 is 10.6 Å². The third-order valence-electron chi connectivity index (χ3n) is 4.73. The summed E-state index contributed by atoms with van der Waals surface area (Å²) in [6.07, 6.45) is 2.04. The van der Waals surface area contributed by atoms with E-state index in [0.29, 0.717) is 16.8 Å². The second-order valence-electron chi connectivity index (χ2n) is 7.29. The molecule has 1 heterocycles. The molecule has 10 nitrogen and oxygen atoms in total. The van der Waals surface area contributed by atoms with E-state index in [-0.39, 0.29) is 28.9 Å². The van der Waals surface area contributed by atoms with Gasteiger partial charge in [0.2, 0.25) is 11.8 Å². The van der Waals surface area contributed by atoms with Crippen LogP contribution in [0.5, 0.6) is 0 Å². The Labute approximate surface area is 187 Å². The normalized spacial score (nSPS) is 12.9. The maximum absolute atomic E-state index is 12.5. The lowest BCUT2D eigenvalue weighted by atomic mass is 10.2. The van der Waals surface area contributed by atoms with Gasteiger partial charge in [-0.25, -0.2) is 0 Å². The van der Waals surface area contributed by atoms with E-state index >= 15 is 0 Å². The molecule has 0 radical (unpaired) electrons. The molecule has 0 atom stereocenters. The van der Waals surface area contributed by atoms with E-state index in [4.69, 9.17) is 0 Å². The van der Waals surface area contributed by atoms with Crippen molar-refractivity contribution in [3.8, 4) is 5.69 Å². The Balaban J connectivity index is 1.53. The van der Waals surface area contributed by atoms with Gasteiger partial charge in [-0.2, -0.15) is 0 Å². The summed E-state index contributed by atoms with van der Waals surface area (Å²) in [5.41, 5.74) is 1.41. The third kappa shape index (κ3) is 4.94. The molecule has 3 aromatic rings. The number of hydrogen-bond acceptors (Lipinski definition) is 7. The standard InChI is InChI=1S/C21H20N6O4S/c1-13(28)22-15-5-4-6-16(11-15)26-20(14-9-10-14)24-25-21(26)32-12-19(29)23-17-7-2-3-8-18(17)27(30)31/h2-8,11,14H,9-10,12H2,1H3,(H,22,28)(H,23,29). The molecule has 1 aliphatic carbocycles. The second-order valence-corrected chi connectivity index (χ2v) is 8.24. The lowest BCUT2D eigenvalue weighted by Gasteiger charge is -2.12. The molecular weight excluding hydrogens is 432 g/mol. The average Bonchev–Trinajstić information content (AvgIpc) is 3.51. The van der Waals surface area contributed by atoms with Gasteiger partial charge >= 0.3 is 0 Å². The molecule has 1 saturated carbocycles. The van der Waals surface area contributed by atoms with Crippen molar-refractivity contribution in [1.82, 2.24) is 14.8 Å². The number of carbonyl (C=O) groups excluding carboxylic acids is 2. The fraction of sp³-hybridized carbons (Fsp3) is 0.238. The molecule has 4 rings (SSSR count). The first-order valence-electron chi connectivity index (χ1n) is 9.92. The summed E-state index contributed by atoms with van der Waals surface area (Å²) in [7, 11) is 0. The fourth-order valence-corrected chi connectivity index (χ4v) is 3.96. The molecule has 1 aliphatic rings. The minimum absolute atomic E-state index is 0.000233. The maximum Gasteiger partial charge on any atom is 0.292 e. The first kappa shape index (κ1) is 21.5. The highest BCUT2D eigenvalue weighted by atomic mass is 32.2. The SMILES string of the molecule is CC(=O)Nc1cccc(-n2c(SCC(=O)Nc3ccccc3[N+](=O)[O-])nnc2C2CC2)c1. The smallest absolute Gasteiger partial charge is 0.292 e. The average molecular weight is 452 g/mol. The van der Waals surface area contributed by atoms with Crippen LogP contribution in [0.3, 0.4) is 0 Å². The topological polar surface area (TPSA) is 132 Å². The predicted octanol–water partition coefficient (Wildman–Crippen LogP) is 3.74. The summed E-state index contributed by atoms with van der Waals surface area (Å²) in [6.45, 7) is 1.44. The van der Waals surface area contributed by atoms with Crippen LogP contribution in [0.15, 0.2) is 53.7 Å². The summed E-state index contributed by atoms with van der Waals surface area (Å²) < 4.78 is 1.89. The van der Waals surface area contributed by atoms with E-state index in [9.17, 15) is 19.7 Å². The Morgan fingerprint density at radius 2 is 1.94 bits per heavy atom. The molecule has 164 valence electrons. The first-order chi connectivity index (χ1) is 15.4. The zero-order valence-electron chi connectivity index (χ0n) is 17.1. The van der Waals surface area contributed by atoms with Crippen molar-refractivity contribution >= 4 is 40.6 Å². The molecule has 2 amide bonds. The van der Waals surface area contributed by atoms with Gasteiger partial charge < -0.3 is 10.6 Å². The number of nitrogens with zero attached hydrogens (tertiary/aromatic N) is 4. The molecule has 11 heteroatoms. The number of nitro benzene ring substituents is 1. The van der Waals surface area contributed by atoms with Crippen LogP contribution in [0.2, 0.25) is 0 Å². The number of amides is 2. The van der Waals surface area contributed by atoms with E-state index in [1.807, 2.05) is 22.8 Å². The Morgan fingerprint density at radius 3 is 2.66 bits per heavy atom. The van der Waals surface area contributed by atoms with Gasteiger partial charge in [-0.3, -0.25) is 24.3 Å². The minimum atomic E-state index is -0.538. The first-order valence-corrected chi connectivity index (χ1v) is 10.9. The van der Waals surface area contributed by atoms with Crippen LogP contribution in [0.1, 0.15) is 31.5 Å². The van der Waals surface area contributed by atoms with Gasteiger partial charge in [0.15, 0.2) is 5.16 Å². The quantitative estimate of drug-likeness (QED) is 0.302. The Kier molecular flexibility index (Phi) is 6.17. The predicted molar refractivity (Wildman–Crippen MR) is 120 cm³/mol. The van der Waals surface area contributed by atoms with Crippen molar-refractivity contribution in [2.24, 2.45) is 0 Å². The third-order valence-corrected chi connectivity index (χ3v) is 5.66. The number of nitro groups is 1. The summed E-state index contributed by atoms with van der Waals surface area (Å²) in [6, 6.07) is 13.3. The van der Waals surface area contributed by atoms with Gasteiger partial charge in [0.1, 0.15) is 11.5 Å². The molecule has 0 aliphatic heterocycles. The highest BCUT2D eigenvalue weighted by molar-refractivity contribution is 7.99. The lowest BCUT2D eigenvalue weighted by Crippen LogP contribution is -2.15. The number of thioether (sulfide) groups is 1. The van der Waals surface area contributed by atoms with Gasteiger partial charge in [0, 0.05) is 24.6 Å². The summed E-state index contributed by atoms with van der Waals surface area (Å²) in [4.78, 5) is 34.5. The van der Waals surface area contributed by atoms with Crippen LogP contribution in [-0.2, 0) is 9.59 Å². The Hall–Kier alpha value is -3.73. The number of aromatic nitrogens is 3. The van der Waals surface area contributed by atoms with Gasteiger partial charge in [0.05, 0.1) is 16.4 Å². The van der Waals surface area contributed by atoms with Gasteiger partial charge in [-0.05, 0) is 37.1 Å². The minimum Gasteiger partial charge on any atom is -0.326 e. The van der Waals surface area contributed by atoms with Crippen LogP contribution in [0.25, 0.3) is 5.69 Å². The molecular formula is C21H20N6O4S. The van der Waals surface area contributed by atoms with Crippen molar-refractivity contribution in [1.29, 1.82) is 0 Å². The molecule has 0 unspecified atom stereocenters. The number of benzene rings is 2. The molecule has 0 saturated heterocycles. The molecule has 2 N–H and O–H groups in total.